The number of aliphatic imine (C=N–C) groups is 1. The third-order valence-electron chi connectivity index (χ3n) is 6.21. The van der Waals surface area contributed by atoms with E-state index in [1.165, 1.54) is 32.1 Å². The number of aryl methyl sites for hydroxylation is 1. The van der Waals surface area contributed by atoms with Gasteiger partial charge in [0.25, 0.3) is 0 Å². The Morgan fingerprint density at radius 2 is 1.87 bits per heavy atom. The molecule has 9 heteroatoms. The number of nitrogens with zero attached hydrogens (tertiary/aromatic N) is 6. The summed E-state index contributed by atoms with van der Waals surface area (Å²) in [6.07, 6.45) is 7.95. The molecule has 1 saturated heterocycles. The summed E-state index contributed by atoms with van der Waals surface area (Å²) in [7, 11) is 2.00. The van der Waals surface area contributed by atoms with Crippen LogP contribution in [-0.2, 0) is 18.3 Å². The zero-order chi connectivity index (χ0) is 20.5. The first-order valence-corrected chi connectivity index (χ1v) is 11.4. The number of nitrogens with one attached hydrogen (secondary N) is 1. The van der Waals surface area contributed by atoms with Crippen molar-refractivity contribution in [3.8, 4) is 0 Å². The molecule has 1 N–H and O–H groups in total. The smallest absolute Gasteiger partial charge is 0.194 e. The van der Waals surface area contributed by atoms with Gasteiger partial charge in [0, 0.05) is 59.0 Å². The van der Waals surface area contributed by atoms with E-state index in [4.69, 9.17) is 9.73 Å². The average Bonchev–Trinajstić information content (AvgIpc) is 3.08. The van der Waals surface area contributed by atoms with Gasteiger partial charge in [-0.3, -0.25) is 4.90 Å². The van der Waals surface area contributed by atoms with E-state index in [0.29, 0.717) is 6.54 Å². The molecule has 0 amide bonds. The Kier molecular flexibility index (Phi) is 11.4. The fraction of sp³-hybridized carbons (Fsp3) is 0.857. The van der Waals surface area contributed by atoms with Crippen molar-refractivity contribution >= 4 is 29.9 Å². The topological polar surface area (TPSA) is 70.8 Å². The Bertz CT molecular complexity index is 637. The van der Waals surface area contributed by atoms with Gasteiger partial charge in [0.1, 0.15) is 12.4 Å². The van der Waals surface area contributed by atoms with Crippen molar-refractivity contribution in [1.82, 2.24) is 29.9 Å². The van der Waals surface area contributed by atoms with Crippen LogP contribution in [0.5, 0.6) is 0 Å². The van der Waals surface area contributed by atoms with Gasteiger partial charge in [-0.15, -0.1) is 34.2 Å². The molecule has 1 saturated carbocycles. The maximum Gasteiger partial charge on any atom is 0.194 e. The number of hydrogen-bond donors (Lipinski definition) is 1. The monoisotopic (exact) mass is 533 g/mol. The fourth-order valence-electron chi connectivity index (χ4n) is 4.27. The summed E-state index contributed by atoms with van der Waals surface area (Å²) >= 11 is 0. The van der Waals surface area contributed by atoms with E-state index in [2.05, 4.69) is 25.3 Å². The van der Waals surface area contributed by atoms with E-state index >= 15 is 0 Å². The molecule has 0 radical (unpaired) electrons. The molecular weight excluding hydrogens is 493 g/mol. The zero-order valence-electron chi connectivity index (χ0n) is 19.0. The number of hydrogen-bond acceptors (Lipinski definition) is 5. The molecule has 2 heterocycles. The highest BCUT2D eigenvalue weighted by Crippen LogP contribution is 2.23. The quantitative estimate of drug-likeness (QED) is 0.240. The molecule has 172 valence electrons. The molecule has 0 unspecified atom stereocenters. The number of halogens is 1. The van der Waals surface area contributed by atoms with Crippen molar-refractivity contribution < 1.29 is 4.74 Å². The lowest BCUT2D eigenvalue weighted by atomic mass is 9.94. The lowest BCUT2D eigenvalue weighted by Gasteiger charge is -2.41. The Morgan fingerprint density at radius 3 is 2.50 bits per heavy atom. The van der Waals surface area contributed by atoms with Crippen LogP contribution in [0, 0.1) is 6.92 Å². The average molecular weight is 534 g/mol. The normalized spacial score (nSPS) is 19.0. The molecule has 30 heavy (non-hydrogen) atoms. The zero-order valence-corrected chi connectivity index (χ0v) is 21.3. The summed E-state index contributed by atoms with van der Waals surface area (Å²) in [5, 5.41) is 12.0. The largest absolute Gasteiger partial charge is 0.382 e. The van der Waals surface area contributed by atoms with Crippen LogP contribution in [0.15, 0.2) is 4.99 Å². The van der Waals surface area contributed by atoms with Gasteiger partial charge in [0.05, 0.1) is 0 Å². The molecular formula is C21H40IN7O. The number of guanidine groups is 1. The van der Waals surface area contributed by atoms with E-state index in [1.807, 2.05) is 25.5 Å². The van der Waals surface area contributed by atoms with Crippen LogP contribution in [0.1, 0.15) is 57.1 Å². The van der Waals surface area contributed by atoms with Crippen LogP contribution in [0.25, 0.3) is 0 Å². The molecule has 1 aromatic rings. The van der Waals surface area contributed by atoms with Gasteiger partial charge < -0.3 is 19.5 Å². The summed E-state index contributed by atoms with van der Waals surface area (Å²) in [4.78, 5) is 10.0. The lowest BCUT2D eigenvalue weighted by molar-refractivity contribution is 0.105. The molecule has 1 aromatic heterocycles. The Hall–Kier alpha value is -0.940. The number of piperazine rings is 1. The maximum absolute atomic E-state index is 5.47. The molecule has 0 spiro atoms. The number of ether oxygens (including phenoxy) is 1. The van der Waals surface area contributed by atoms with Gasteiger partial charge in [-0.2, -0.15) is 0 Å². The summed E-state index contributed by atoms with van der Waals surface area (Å²) in [5.74, 6) is 2.81. The first kappa shape index (κ1) is 25.3. The van der Waals surface area contributed by atoms with Gasteiger partial charge in [0.2, 0.25) is 0 Å². The summed E-state index contributed by atoms with van der Waals surface area (Å²) in [6.45, 7) is 11.3. The Balaban J connectivity index is 0.00000320. The molecule has 2 aliphatic rings. The molecule has 2 fully saturated rings. The lowest BCUT2D eigenvalue weighted by Crippen LogP contribution is -2.55. The van der Waals surface area contributed by atoms with E-state index in [1.54, 1.807) is 0 Å². The van der Waals surface area contributed by atoms with Crippen molar-refractivity contribution in [3.63, 3.8) is 0 Å². The first-order valence-electron chi connectivity index (χ1n) is 11.4. The minimum Gasteiger partial charge on any atom is -0.382 e. The third kappa shape index (κ3) is 7.33. The van der Waals surface area contributed by atoms with Crippen LogP contribution < -0.4 is 5.32 Å². The molecule has 0 aromatic carbocycles. The van der Waals surface area contributed by atoms with Gasteiger partial charge in [-0.25, -0.2) is 4.99 Å². The predicted molar refractivity (Wildman–Crippen MR) is 131 cm³/mol. The highest BCUT2D eigenvalue weighted by Gasteiger charge is 2.26. The van der Waals surface area contributed by atoms with E-state index < -0.39 is 0 Å². The molecule has 1 aliphatic carbocycles. The standard InChI is InChI=1S/C21H39N7O.HI/c1-4-29-16-8-11-22-21(23-17-20-25-24-18(2)26(20)3)28-14-12-27(13-15-28)19-9-6-5-7-10-19;/h19H,4-17H2,1-3H3,(H,22,23);1H. The van der Waals surface area contributed by atoms with Crippen molar-refractivity contribution in [2.75, 3.05) is 45.9 Å². The van der Waals surface area contributed by atoms with Crippen molar-refractivity contribution in [1.29, 1.82) is 0 Å². The SMILES string of the molecule is CCOCCCNC(=NCc1nnc(C)n1C)N1CCN(C2CCCCC2)CC1.I. The van der Waals surface area contributed by atoms with Gasteiger partial charge in [-0.05, 0) is 33.1 Å². The van der Waals surface area contributed by atoms with Crippen LogP contribution in [0.2, 0.25) is 0 Å². The van der Waals surface area contributed by atoms with Crippen LogP contribution in [0.3, 0.4) is 0 Å². The van der Waals surface area contributed by atoms with E-state index in [0.717, 1.165) is 76.0 Å². The number of rotatable bonds is 8. The van der Waals surface area contributed by atoms with Crippen LogP contribution >= 0.6 is 24.0 Å². The highest BCUT2D eigenvalue weighted by atomic mass is 127. The van der Waals surface area contributed by atoms with Gasteiger partial charge >= 0.3 is 0 Å². The fourth-order valence-corrected chi connectivity index (χ4v) is 4.27. The minimum absolute atomic E-state index is 0. The molecule has 0 bridgehead atoms. The Morgan fingerprint density at radius 1 is 1.13 bits per heavy atom. The van der Waals surface area contributed by atoms with E-state index in [-0.39, 0.29) is 24.0 Å². The Labute approximate surface area is 198 Å². The molecule has 8 nitrogen and oxygen atoms in total. The van der Waals surface area contributed by atoms with Crippen molar-refractivity contribution in [2.45, 2.75) is 65.0 Å². The predicted octanol–water partition coefficient (Wildman–Crippen LogP) is 2.56. The first-order chi connectivity index (χ1) is 14.2. The van der Waals surface area contributed by atoms with Crippen LogP contribution in [0.4, 0.5) is 0 Å². The number of aromatic nitrogens is 3. The van der Waals surface area contributed by atoms with Gasteiger partial charge in [-0.1, -0.05) is 19.3 Å². The second-order valence-corrected chi connectivity index (χ2v) is 8.15. The highest BCUT2D eigenvalue weighted by molar-refractivity contribution is 14.0. The molecule has 3 rings (SSSR count). The summed E-state index contributed by atoms with van der Waals surface area (Å²) in [5.41, 5.74) is 0. The summed E-state index contributed by atoms with van der Waals surface area (Å²) in [6, 6.07) is 0.798. The third-order valence-corrected chi connectivity index (χ3v) is 6.21. The molecule has 0 atom stereocenters. The van der Waals surface area contributed by atoms with Crippen molar-refractivity contribution in [2.24, 2.45) is 12.0 Å². The maximum atomic E-state index is 5.47. The minimum atomic E-state index is 0. The second-order valence-electron chi connectivity index (χ2n) is 8.15. The van der Waals surface area contributed by atoms with Gasteiger partial charge in [0.15, 0.2) is 11.8 Å². The van der Waals surface area contributed by atoms with Crippen molar-refractivity contribution in [3.05, 3.63) is 11.6 Å². The molecule has 1 aliphatic heterocycles. The second kappa shape index (κ2) is 13.5. The van der Waals surface area contributed by atoms with E-state index in [9.17, 15) is 0 Å². The van der Waals surface area contributed by atoms with Crippen LogP contribution in [-0.4, -0.2) is 82.5 Å². The summed E-state index contributed by atoms with van der Waals surface area (Å²) < 4.78 is 7.48.